The zero-order valence-electron chi connectivity index (χ0n) is 7.22. The molecule has 2 fully saturated rings. The van der Waals surface area contributed by atoms with E-state index >= 15 is 0 Å². The van der Waals surface area contributed by atoms with Gasteiger partial charge in [0.15, 0.2) is 0 Å². The van der Waals surface area contributed by atoms with Gasteiger partial charge in [0.2, 0.25) is 0 Å². The number of alkyl halides is 2. The molecule has 2 nitrogen and oxygen atoms in total. The first kappa shape index (κ1) is 8.91. The molecule has 2 bridgehead atoms. The molecule has 0 aromatic heterocycles. The van der Waals surface area contributed by atoms with Gasteiger partial charge < -0.3 is 5.11 Å². The molecule has 2 aliphatic carbocycles. The number of fused-ring (bicyclic) bond motifs is 2. The van der Waals surface area contributed by atoms with Crippen molar-refractivity contribution in [2.24, 2.45) is 11.3 Å². The van der Waals surface area contributed by atoms with Crippen LogP contribution in [-0.4, -0.2) is 17.0 Å². The molecule has 2 aliphatic rings. The zero-order valence-corrected chi connectivity index (χ0v) is 7.22. The highest BCUT2D eigenvalue weighted by Gasteiger charge is 2.68. The van der Waals surface area contributed by atoms with Crippen molar-refractivity contribution in [1.82, 2.24) is 0 Å². The summed E-state index contributed by atoms with van der Waals surface area (Å²) in [4.78, 5) is 10.9. The SMILES string of the molecule is O=C(O)C12CCCC(CC1)C2(F)F. The molecule has 0 aliphatic heterocycles. The Bertz CT molecular complexity index is 248. The molecular weight excluding hydrogens is 178 g/mol. The summed E-state index contributed by atoms with van der Waals surface area (Å²) in [6, 6.07) is 0. The highest BCUT2D eigenvalue weighted by atomic mass is 19.3. The largest absolute Gasteiger partial charge is 0.481 e. The van der Waals surface area contributed by atoms with Crippen LogP contribution >= 0.6 is 0 Å². The first-order valence-electron chi connectivity index (χ1n) is 4.62. The van der Waals surface area contributed by atoms with E-state index in [4.69, 9.17) is 5.11 Å². The van der Waals surface area contributed by atoms with Gasteiger partial charge in [0.1, 0.15) is 5.41 Å². The second-order valence-electron chi connectivity index (χ2n) is 4.14. The van der Waals surface area contributed by atoms with Crippen LogP contribution < -0.4 is 0 Å². The van der Waals surface area contributed by atoms with Crippen molar-refractivity contribution in [2.45, 2.75) is 38.0 Å². The standard InChI is InChI=1S/C9H12F2O2/c10-9(11)6-2-1-4-8(9,5-3-6)7(12)13/h6H,1-5H2,(H,12,13). The number of carboxylic acids is 1. The third-order valence-electron chi connectivity index (χ3n) is 3.64. The first-order chi connectivity index (χ1) is 6.01. The molecule has 0 aromatic rings. The monoisotopic (exact) mass is 190 g/mol. The van der Waals surface area contributed by atoms with Crippen LogP contribution in [0.25, 0.3) is 0 Å². The Morgan fingerprint density at radius 2 is 2.00 bits per heavy atom. The van der Waals surface area contributed by atoms with Crippen LogP contribution in [0.1, 0.15) is 32.1 Å². The van der Waals surface area contributed by atoms with E-state index in [1.54, 1.807) is 0 Å². The van der Waals surface area contributed by atoms with Gasteiger partial charge in [-0.25, -0.2) is 8.78 Å². The lowest BCUT2D eigenvalue weighted by Crippen LogP contribution is -2.48. The smallest absolute Gasteiger partial charge is 0.315 e. The van der Waals surface area contributed by atoms with E-state index < -0.39 is 23.2 Å². The van der Waals surface area contributed by atoms with Crippen molar-refractivity contribution >= 4 is 5.97 Å². The molecule has 2 saturated carbocycles. The Morgan fingerprint density at radius 1 is 1.31 bits per heavy atom. The minimum Gasteiger partial charge on any atom is -0.481 e. The molecule has 1 N–H and O–H groups in total. The fraction of sp³-hybridized carbons (Fsp3) is 0.889. The second kappa shape index (κ2) is 2.42. The van der Waals surface area contributed by atoms with Crippen molar-refractivity contribution in [3.63, 3.8) is 0 Å². The molecule has 13 heavy (non-hydrogen) atoms. The zero-order chi connectivity index (χ0) is 9.69. The number of rotatable bonds is 1. The first-order valence-corrected chi connectivity index (χ1v) is 4.62. The lowest BCUT2D eigenvalue weighted by molar-refractivity contribution is -0.189. The van der Waals surface area contributed by atoms with E-state index in [0.717, 1.165) is 0 Å². The molecule has 0 saturated heterocycles. The highest BCUT2D eigenvalue weighted by Crippen LogP contribution is 2.61. The summed E-state index contributed by atoms with van der Waals surface area (Å²) in [6.45, 7) is 0. The Balaban J connectivity index is 2.41. The van der Waals surface area contributed by atoms with Crippen molar-refractivity contribution in [1.29, 1.82) is 0 Å². The van der Waals surface area contributed by atoms with Crippen LogP contribution in [0.15, 0.2) is 0 Å². The van der Waals surface area contributed by atoms with E-state index in [9.17, 15) is 13.6 Å². The van der Waals surface area contributed by atoms with Crippen LogP contribution in [0, 0.1) is 11.3 Å². The molecule has 4 heteroatoms. The summed E-state index contributed by atoms with van der Waals surface area (Å²) in [6.07, 6.45) is 1.79. The maximum Gasteiger partial charge on any atom is 0.315 e. The number of hydrogen-bond donors (Lipinski definition) is 1. The molecule has 0 spiro atoms. The topological polar surface area (TPSA) is 37.3 Å². The lowest BCUT2D eigenvalue weighted by atomic mass is 9.72. The van der Waals surface area contributed by atoms with Crippen LogP contribution in [0.4, 0.5) is 8.78 Å². The van der Waals surface area contributed by atoms with Crippen LogP contribution in [0.5, 0.6) is 0 Å². The van der Waals surface area contributed by atoms with Crippen molar-refractivity contribution in [3.8, 4) is 0 Å². The van der Waals surface area contributed by atoms with Crippen molar-refractivity contribution < 1.29 is 18.7 Å². The van der Waals surface area contributed by atoms with E-state index in [1.165, 1.54) is 0 Å². The van der Waals surface area contributed by atoms with E-state index in [1.807, 2.05) is 0 Å². The fourth-order valence-electron chi connectivity index (χ4n) is 2.78. The van der Waals surface area contributed by atoms with Crippen LogP contribution in [0.3, 0.4) is 0 Å². The Kier molecular flexibility index (Phi) is 1.66. The number of aliphatic carboxylic acids is 1. The third-order valence-corrected chi connectivity index (χ3v) is 3.64. The summed E-state index contributed by atoms with van der Waals surface area (Å²) in [7, 11) is 0. The third kappa shape index (κ3) is 0.888. The molecule has 2 rings (SSSR count). The van der Waals surface area contributed by atoms with Gasteiger partial charge in [0.25, 0.3) is 5.92 Å². The number of halogens is 2. The average Bonchev–Trinajstić information content (AvgIpc) is 2.23. The molecule has 0 heterocycles. The summed E-state index contributed by atoms with van der Waals surface area (Å²) < 4.78 is 27.2. The van der Waals surface area contributed by atoms with E-state index in [-0.39, 0.29) is 12.8 Å². The maximum absolute atomic E-state index is 13.6. The summed E-state index contributed by atoms with van der Waals surface area (Å²) in [5.74, 6) is -4.96. The Morgan fingerprint density at radius 3 is 2.54 bits per heavy atom. The second-order valence-corrected chi connectivity index (χ2v) is 4.14. The van der Waals surface area contributed by atoms with Gasteiger partial charge in [0, 0.05) is 5.92 Å². The molecule has 2 atom stereocenters. The van der Waals surface area contributed by atoms with Crippen molar-refractivity contribution in [2.75, 3.05) is 0 Å². The summed E-state index contributed by atoms with van der Waals surface area (Å²) in [5, 5.41) is 8.87. The molecule has 74 valence electrons. The predicted octanol–water partition coefficient (Wildman–Crippen LogP) is 2.29. The number of carbonyl (C=O) groups is 1. The van der Waals surface area contributed by atoms with Crippen LogP contribution in [-0.2, 0) is 4.79 Å². The van der Waals surface area contributed by atoms with E-state index in [0.29, 0.717) is 19.3 Å². The molecule has 0 aromatic carbocycles. The summed E-state index contributed by atoms with van der Waals surface area (Å²) in [5.41, 5.74) is -1.73. The van der Waals surface area contributed by atoms with Gasteiger partial charge in [-0.2, -0.15) is 0 Å². The average molecular weight is 190 g/mol. The predicted molar refractivity (Wildman–Crippen MR) is 41.6 cm³/mol. The highest BCUT2D eigenvalue weighted by molar-refractivity contribution is 5.77. The van der Waals surface area contributed by atoms with Crippen LogP contribution in [0.2, 0.25) is 0 Å². The quantitative estimate of drug-likeness (QED) is 0.688. The molecule has 0 radical (unpaired) electrons. The van der Waals surface area contributed by atoms with Gasteiger partial charge in [-0.3, -0.25) is 4.79 Å². The van der Waals surface area contributed by atoms with Gasteiger partial charge in [-0.05, 0) is 25.7 Å². The summed E-state index contributed by atoms with van der Waals surface area (Å²) >= 11 is 0. The minimum absolute atomic E-state index is 0.145. The Labute approximate surface area is 74.9 Å². The van der Waals surface area contributed by atoms with Crippen molar-refractivity contribution in [3.05, 3.63) is 0 Å². The van der Waals surface area contributed by atoms with Gasteiger partial charge >= 0.3 is 5.97 Å². The fourth-order valence-corrected chi connectivity index (χ4v) is 2.78. The normalized spacial score (nSPS) is 41.8. The molecular formula is C9H12F2O2. The van der Waals surface area contributed by atoms with E-state index in [2.05, 4.69) is 0 Å². The molecule has 0 amide bonds. The van der Waals surface area contributed by atoms with Gasteiger partial charge in [-0.1, -0.05) is 6.42 Å². The number of hydrogen-bond acceptors (Lipinski definition) is 1. The molecule has 2 unspecified atom stereocenters. The number of carboxylic acid groups (broad SMARTS) is 1. The lowest BCUT2D eigenvalue weighted by Gasteiger charge is -2.37. The van der Waals surface area contributed by atoms with Gasteiger partial charge in [-0.15, -0.1) is 0 Å². The van der Waals surface area contributed by atoms with Gasteiger partial charge in [0.05, 0.1) is 0 Å². The Hall–Kier alpha value is -0.670. The maximum atomic E-state index is 13.6. The minimum atomic E-state index is -2.98.